The summed E-state index contributed by atoms with van der Waals surface area (Å²) in [6.45, 7) is 3.31. The molecule has 3 rings (SSSR count). The van der Waals surface area contributed by atoms with Crippen molar-refractivity contribution in [1.82, 2.24) is 5.32 Å². The van der Waals surface area contributed by atoms with Crippen molar-refractivity contribution in [2.75, 3.05) is 6.54 Å². The van der Waals surface area contributed by atoms with Crippen molar-refractivity contribution in [2.45, 2.75) is 45.1 Å². The zero-order valence-corrected chi connectivity index (χ0v) is 14.9. The van der Waals surface area contributed by atoms with Crippen LogP contribution in [-0.4, -0.2) is 6.54 Å². The Morgan fingerprint density at radius 1 is 1.29 bits per heavy atom. The summed E-state index contributed by atoms with van der Waals surface area (Å²) in [4.78, 5) is 3.14. The van der Waals surface area contributed by atoms with Crippen molar-refractivity contribution in [2.24, 2.45) is 0 Å². The predicted octanol–water partition coefficient (Wildman–Crippen LogP) is 5.28. The van der Waals surface area contributed by atoms with Crippen LogP contribution in [-0.2, 0) is 19.3 Å². The molecule has 1 N–H and O–H groups in total. The first-order valence-corrected chi connectivity index (χ1v) is 9.47. The van der Waals surface area contributed by atoms with Crippen LogP contribution in [0.1, 0.15) is 46.7 Å². The third-order valence-corrected chi connectivity index (χ3v) is 6.26. The normalized spacial score (nSPS) is 15.1. The fraction of sp³-hybridized carbons (Fsp3) is 0.444. The van der Waals surface area contributed by atoms with Crippen LogP contribution in [0.4, 0.5) is 0 Å². The van der Waals surface area contributed by atoms with E-state index in [9.17, 15) is 0 Å². The summed E-state index contributed by atoms with van der Waals surface area (Å²) in [6.07, 6.45) is 6.15. The third kappa shape index (κ3) is 3.58. The van der Waals surface area contributed by atoms with Gasteiger partial charge in [0.25, 0.3) is 0 Å². The summed E-state index contributed by atoms with van der Waals surface area (Å²) in [5.74, 6) is 0. The first-order valence-electron chi connectivity index (χ1n) is 7.86. The second-order valence-corrected chi connectivity index (χ2v) is 7.78. The van der Waals surface area contributed by atoms with Gasteiger partial charge in [-0.25, -0.2) is 0 Å². The van der Waals surface area contributed by atoms with E-state index in [0.29, 0.717) is 6.04 Å². The lowest BCUT2D eigenvalue weighted by Crippen LogP contribution is -2.23. The van der Waals surface area contributed by atoms with Gasteiger partial charge in [-0.1, -0.05) is 41.1 Å². The number of thiophene rings is 1. The van der Waals surface area contributed by atoms with Crippen LogP contribution in [0.5, 0.6) is 0 Å². The SMILES string of the molecule is CCCNC(Cc1ccccc1Br)c1cc2c(s1)CCC2. The second kappa shape index (κ2) is 7.08. The summed E-state index contributed by atoms with van der Waals surface area (Å²) in [5, 5.41) is 3.74. The highest BCUT2D eigenvalue weighted by Crippen LogP contribution is 2.35. The van der Waals surface area contributed by atoms with Crippen molar-refractivity contribution in [3.63, 3.8) is 0 Å². The smallest absolute Gasteiger partial charge is 0.0456 e. The molecule has 0 saturated heterocycles. The van der Waals surface area contributed by atoms with Crippen LogP contribution in [0.2, 0.25) is 0 Å². The highest BCUT2D eigenvalue weighted by molar-refractivity contribution is 9.10. The van der Waals surface area contributed by atoms with Crippen molar-refractivity contribution >= 4 is 27.3 Å². The minimum Gasteiger partial charge on any atom is -0.309 e. The molecule has 0 amide bonds. The molecule has 0 spiro atoms. The van der Waals surface area contributed by atoms with E-state index in [1.54, 1.807) is 10.4 Å². The van der Waals surface area contributed by atoms with E-state index < -0.39 is 0 Å². The minimum absolute atomic E-state index is 0.444. The molecule has 0 aliphatic heterocycles. The zero-order valence-electron chi connectivity index (χ0n) is 12.5. The fourth-order valence-electron chi connectivity index (χ4n) is 3.00. The molecule has 1 aliphatic carbocycles. The van der Waals surface area contributed by atoms with Gasteiger partial charge in [-0.2, -0.15) is 0 Å². The maximum Gasteiger partial charge on any atom is 0.0456 e. The van der Waals surface area contributed by atoms with E-state index in [2.05, 4.69) is 58.5 Å². The Kier molecular flexibility index (Phi) is 5.15. The van der Waals surface area contributed by atoms with Crippen molar-refractivity contribution in [3.8, 4) is 0 Å². The highest BCUT2D eigenvalue weighted by atomic mass is 79.9. The van der Waals surface area contributed by atoms with E-state index in [1.165, 1.54) is 40.6 Å². The lowest BCUT2D eigenvalue weighted by Gasteiger charge is -2.18. The molecule has 0 fully saturated rings. The number of hydrogen-bond acceptors (Lipinski definition) is 2. The molecule has 1 aromatic carbocycles. The van der Waals surface area contributed by atoms with Crippen LogP contribution in [0.3, 0.4) is 0 Å². The zero-order chi connectivity index (χ0) is 14.7. The van der Waals surface area contributed by atoms with Crippen LogP contribution in [0.25, 0.3) is 0 Å². The quantitative estimate of drug-likeness (QED) is 0.735. The molecule has 1 heterocycles. The summed E-state index contributed by atoms with van der Waals surface area (Å²) in [6, 6.07) is 11.5. The number of nitrogens with one attached hydrogen (secondary N) is 1. The van der Waals surface area contributed by atoms with Gasteiger partial charge in [-0.15, -0.1) is 11.3 Å². The molecule has 1 atom stereocenters. The topological polar surface area (TPSA) is 12.0 Å². The molecule has 112 valence electrons. The number of hydrogen-bond donors (Lipinski definition) is 1. The molecule has 0 saturated carbocycles. The Labute approximate surface area is 139 Å². The Morgan fingerprint density at radius 3 is 2.90 bits per heavy atom. The van der Waals surface area contributed by atoms with Crippen molar-refractivity contribution < 1.29 is 0 Å². The lowest BCUT2D eigenvalue weighted by atomic mass is 10.0. The maximum absolute atomic E-state index is 3.74. The van der Waals surface area contributed by atoms with Gasteiger partial charge in [0, 0.05) is 20.3 Å². The molecule has 1 aliphatic rings. The van der Waals surface area contributed by atoms with Crippen molar-refractivity contribution in [1.29, 1.82) is 0 Å². The van der Waals surface area contributed by atoms with Crippen LogP contribution < -0.4 is 5.32 Å². The molecule has 2 aromatic rings. The molecular formula is C18H22BrNS. The monoisotopic (exact) mass is 363 g/mol. The third-order valence-electron chi connectivity index (χ3n) is 4.13. The standard InChI is InChI=1S/C18H22BrNS/c1-2-10-20-16(11-13-6-3-4-8-15(13)19)18-12-14-7-5-9-17(14)21-18/h3-4,6,8,12,16,20H,2,5,7,9-11H2,1H3. The summed E-state index contributed by atoms with van der Waals surface area (Å²) in [7, 11) is 0. The first kappa shape index (κ1) is 15.3. The van der Waals surface area contributed by atoms with E-state index in [0.717, 1.165) is 13.0 Å². The van der Waals surface area contributed by atoms with Gasteiger partial charge in [0.1, 0.15) is 0 Å². The van der Waals surface area contributed by atoms with E-state index in [4.69, 9.17) is 0 Å². The van der Waals surface area contributed by atoms with E-state index >= 15 is 0 Å². The minimum atomic E-state index is 0.444. The second-order valence-electron chi connectivity index (χ2n) is 5.75. The molecule has 1 aromatic heterocycles. The average Bonchev–Trinajstić information content (AvgIpc) is 3.06. The van der Waals surface area contributed by atoms with E-state index in [1.807, 2.05) is 11.3 Å². The Bertz CT molecular complexity index is 584. The number of fused-ring (bicyclic) bond motifs is 1. The first-order chi connectivity index (χ1) is 10.3. The van der Waals surface area contributed by atoms with Crippen LogP contribution in [0.15, 0.2) is 34.8 Å². The molecule has 1 unspecified atom stereocenters. The van der Waals surface area contributed by atoms with E-state index in [-0.39, 0.29) is 0 Å². The number of halogens is 1. The lowest BCUT2D eigenvalue weighted by molar-refractivity contribution is 0.535. The van der Waals surface area contributed by atoms with Gasteiger partial charge in [-0.05, 0) is 61.9 Å². The number of aryl methyl sites for hydroxylation is 2. The Morgan fingerprint density at radius 2 is 2.14 bits per heavy atom. The van der Waals surface area contributed by atoms with Gasteiger partial charge in [0.05, 0.1) is 0 Å². The number of benzene rings is 1. The van der Waals surface area contributed by atoms with Gasteiger partial charge in [0.2, 0.25) is 0 Å². The van der Waals surface area contributed by atoms with Crippen LogP contribution in [0, 0.1) is 0 Å². The molecule has 21 heavy (non-hydrogen) atoms. The Hall–Kier alpha value is -0.640. The highest BCUT2D eigenvalue weighted by Gasteiger charge is 2.20. The molecule has 0 radical (unpaired) electrons. The van der Waals surface area contributed by atoms with Gasteiger partial charge >= 0.3 is 0 Å². The maximum atomic E-state index is 3.74. The van der Waals surface area contributed by atoms with Crippen molar-refractivity contribution in [3.05, 3.63) is 55.7 Å². The summed E-state index contributed by atoms with van der Waals surface area (Å²) in [5.41, 5.74) is 2.99. The van der Waals surface area contributed by atoms with Gasteiger partial charge < -0.3 is 5.32 Å². The average molecular weight is 364 g/mol. The van der Waals surface area contributed by atoms with Crippen LogP contribution >= 0.6 is 27.3 Å². The summed E-state index contributed by atoms with van der Waals surface area (Å²) < 4.78 is 1.22. The molecule has 0 bridgehead atoms. The Balaban J connectivity index is 1.81. The van der Waals surface area contributed by atoms with Gasteiger partial charge in [-0.3, -0.25) is 0 Å². The molecule has 1 nitrogen and oxygen atoms in total. The predicted molar refractivity (Wildman–Crippen MR) is 95.2 cm³/mol. The van der Waals surface area contributed by atoms with Gasteiger partial charge in [0.15, 0.2) is 0 Å². The largest absolute Gasteiger partial charge is 0.309 e. The summed E-state index contributed by atoms with van der Waals surface area (Å²) >= 11 is 5.71. The fourth-order valence-corrected chi connectivity index (χ4v) is 4.78. The number of rotatable bonds is 6. The molecular weight excluding hydrogens is 342 g/mol. The molecule has 3 heteroatoms.